The lowest BCUT2D eigenvalue weighted by atomic mass is 10.1. The van der Waals surface area contributed by atoms with Crippen LogP contribution in [0.1, 0.15) is 0 Å². The lowest BCUT2D eigenvalue weighted by Crippen LogP contribution is -1.85. The molecule has 0 bridgehead atoms. The fraction of sp³-hybridized carbons (Fsp3) is 0. The molecule has 1 aromatic heterocycles. The zero-order chi connectivity index (χ0) is 10.1. The van der Waals surface area contributed by atoms with E-state index in [1.165, 1.54) is 11.3 Å². The first-order valence-electron chi connectivity index (χ1n) is 4.00. The maximum Gasteiger partial charge on any atom is 0.123 e. The van der Waals surface area contributed by atoms with E-state index in [2.05, 4.69) is 0 Å². The van der Waals surface area contributed by atoms with Crippen LogP contribution in [0.25, 0.3) is 11.1 Å². The molecule has 1 aromatic carbocycles. The number of anilines is 1. The number of phenols is 1. The van der Waals surface area contributed by atoms with Crippen molar-refractivity contribution in [3.8, 4) is 16.9 Å². The molecule has 0 aliphatic rings. The monoisotopic (exact) mass is 225 g/mol. The summed E-state index contributed by atoms with van der Waals surface area (Å²) in [5.74, 6) is 0.194. The predicted octanol–water partition coefficient (Wildman–Crippen LogP) is 3.36. The number of hydrogen-bond donors (Lipinski definition) is 2. The molecule has 0 saturated carbocycles. The standard InChI is InChI=1S/C10H8ClNOS/c11-10-7(3-4-14-10)8-5-6(12)1-2-9(8)13/h1-5,13H,12H2. The van der Waals surface area contributed by atoms with Crippen LogP contribution in [0, 0.1) is 0 Å². The molecule has 2 aromatic rings. The van der Waals surface area contributed by atoms with Gasteiger partial charge in [-0.3, -0.25) is 0 Å². The second-order valence-corrected chi connectivity index (χ2v) is 4.40. The first-order valence-corrected chi connectivity index (χ1v) is 5.26. The average Bonchev–Trinajstić information content (AvgIpc) is 2.56. The Hall–Kier alpha value is -1.19. The van der Waals surface area contributed by atoms with E-state index >= 15 is 0 Å². The first-order chi connectivity index (χ1) is 6.68. The van der Waals surface area contributed by atoms with E-state index in [0.717, 1.165) is 5.56 Å². The van der Waals surface area contributed by atoms with Crippen molar-refractivity contribution in [2.24, 2.45) is 0 Å². The molecular formula is C10H8ClNOS. The second-order valence-electron chi connectivity index (χ2n) is 2.88. The van der Waals surface area contributed by atoms with Crippen molar-refractivity contribution in [1.82, 2.24) is 0 Å². The molecule has 0 spiro atoms. The van der Waals surface area contributed by atoms with Crippen molar-refractivity contribution in [3.63, 3.8) is 0 Å². The van der Waals surface area contributed by atoms with E-state index < -0.39 is 0 Å². The molecule has 0 atom stereocenters. The number of phenolic OH excluding ortho intramolecular Hbond substituents is 1. The van der Waals surface area contributed by atoms with Gasteiger partial charge in [-0.15, -0.1) is 11.3 Å². The Bertz CT molecular complexity index is 467. The molecule has 0 saturated heterocycles. The number of hydrogen-bond acceptors (Lipinski definition) is 3. The van der Waals surface area contributed by atoms with Gasteiger partial charge in [0, 0.05) is 16.8 Å². The number of nitrogens with two attached hydrogens (primary N) is 1. The van der Waals surface area contributed by atoms with Crippen molar-refractivity contribution in [2.75, 3.05) is 5.73 Å². The van der Waals surface area contributed by atoms with Crippen molar-refractivity contribution >= 4 is 28.6 Å². The number of thiophene rings is 1. The Labute approximate surface area is 90.6 Å². The first kappa shape index (κ1) is 9.37. The van der Waals surface area contributed by atoms with Gasteiger partial charge in [-0.05, 0) is 29.6 Å². The Morgan fingerprint density at radius 2 is 2.00 bits per heavy atom. The molecule has 0 fully saturated rings. The van der Waals surface area contributed by atoms with Gasteiger partial charge >= 0.3 is 0 Å². The van der Waals surface area contributed by atoms with Crippen LogP contribution in [0.4, 0.5) is 5.69 Å². The molecule has 0 aliphatic heterocycles. The number of halogens is 1. The number of aromatic hydroxyl groups is 1. The van der Waals surface area contributed by atoms with Gasteiger partial charge in [-0.2, -0.15) is 0 Å². The number of nitrogen functional groups attached to an aromatic ring is 1. The highest BCUT2D eigenvalue weighted by Gasteiger charge is 2.09. The fourth-order valence-electron chi connectivity index (χ4n) is 1.26. The summed E-state index contributed by atoms with van der Waals surface area (Å²) in [7, 11) is 0. The van der Waals surface area contributed by atoms with Crippen LogP contribution in [-0.4, -0.2) is 5.11 Å². The lowest BCUT2D eigenvalue weighted by molar-refractivity contribution is 0.477. The average molecular weight is 226 g/mol. The van der Waals surface area contributed by atoms with Crippen LogP contribution in [0.3, 0.4) is 0 Å². The third kappa shape index (κ3) is 1.56. The highest BCUT2D eigenvalue weighted by atomic mass is 35.5. The Balaban J connectivity index is 2.62. The van der Waals surface area contributed by atoms with Gasteiger partial charge in [0.25, 0.3) is 0 Å². The maximum atomic E-state index is 9.62. The molecule has 14 heavy (non-hydrogen) atoms. The molecule has 1 heterocycles. The van der Waals surface area contributed by atoms with Crippen LogP contribution in [0.2, 0.25) is 4.34 Å². The number of rotatable bonds is 1. The fourth-order valence-corrected chi connectivity index (χ4v) is 2.20. The van der Waals surface area contributed by atoms with E-state index in [0.29, 0.717) is 15.6 Å². The van der Waals surface area contributed by atoms with Gasteiger partial charge in [-0.25, -0.2) is 0 Å². The molecule has 3 N–H and O–H groups in total. The van der Waals surface area contributed by atoms with Crippen molar-refractivity contribution in [2.45, 2.75) is 0 Å². The molecule has 72 valence electrons. The van der Waals surface area contributed by atoms with Gasteiger partial charge in [0.1, 0.15) is 10.1 Å². The molecule has 0 unspecified atom stereocenters. The minimum atomic E-state index is 0.194. The molecule has 0 radical (unpaired) electrons. The van der Waals surface area contributed by atoms with Gasteiger partial charge in [0.15, 0.2) is 0 Å². The number of benzene rings is 1. The summed E-state index contributed by atoms with van der Waals surface area (Å²) in [6.07, 6.45) is 0. The highest BCUT2D eigenvalue weighted by Crippen LogP contribution is 2.38. The van der Waals surface area contributed by atoms with E-state index in [4.69, 9.17) is 17.3 Å². The minimum absolute atomic E-state index is 0.194. The third-order valence-corrected chi connectivity index (χ3v) is 3.10. The van der Waals surface area contributed by atoms with Crippen LogP contribution >= 0.6 is 22.9 Å². The van der Waals surface area contributed by atoms with Crippen LogP contribution in [0.15, 0.2) is 29.6 Å². The van der Waals surface area contributed by atoms with Crippen LogP contribution < -0.4 is 5.73 Å². The summed E-state index contributed by atoms with van der Waals surface area (Å²) < 4.78 is 0.658. The quantitative estimate of drug-likeness (QED) is 0.578. The summed E-state index contributed by atoms with van der Waals surface area (Å²) >= 11 is 7.39. The molecule has 0 amide bonds. The third-order valence-electron chi connectivity index (χ3n) is 1.93. The van der Waals surface area contributed by atoms with Crippen molar-refractivity contribution in [1.29, 1.82) is 0 Å². The summed E-state index contributed by atoms with van der Waals surface area (Å²) in [5.41, 5.74) is 7.74. The molecule has 2 rings (SSSR count). The minimum Gasteiger partial charge on any atom is -0.507 e. The zero-order valence-corrected chi connectivity index (χ0v) is 8.77. The normalized spacial score (nSPS) is 10.4. The molecule has 2 nitrogen and oxygen atoms in total. The van der Waals surface area contributed by atoms with Crippen molar-refractivity contribution in [3.05, 3.63) is 34.0 Å². The van der Waals surface area contributed by atoms with Gasteiger partial charge in [-0.1, -0.05) is 11.6 Å². The Kier molecular flexibility index (Phi) is 2.35. The van der Waals surface area contributed by atoms with E-state index in [-0.39, 0.29) is 5.75 Å². The van der Waals surface area contributed by atoms with Gasteiger partial charge < -0.3 is 10.8 Å². The topological polar surface area (TPSA) is 46.2 Å². The molecular weight excluding hydrogens is 218 g/mol. The predicted molar refractivity (Wildman–Crippen MR) is 60.8 cm³/mol. The SMILES string of the molecule is Nc1ccc(O)c(-c2ccsc2Cl)c1. The zero-order valence-electron chi connectivity index (χ0n) is 7.20. The van der Waals surface area contributed by atoms with Gasteiger partial charge in [0.2, 0.25) is 0 Å². The highest BCUT2D eigenvalue weighted by molar-refractivity contribution is 7.15. The van der Waals surface area contributed by atoms with Crippen molar-refractivity contribution < 1.29 is 5.11 Å². The largest absolute Gasteiger partial charge is 0.507 e. The summed E-state index contributed by atoms with van der Waals surface area (Å²) in [5, 5.41) is 11.5. The molecule has 4 heteroatoms. The second kappa shape index (κ2) is 3.52. The van der Waals surface area contributed by atoms with Gasteiger partial charge in [0.05, 0.1) is 0 Å². The van der Waals surface area contributed by atoms with E-state index in [9.17, 15) is 5.11 Å². The maximum absolute atomic E-state index is 9.62. The van der Waals surface area contributed by atoms with E-state index in [1.807, 2.05) is 11.4 Å². The Morgan fingerprint density at radius 1 is 1.21 bits per heavy atom. The summed E-state index contributed by atoms with van der Waals surface area (Å²) in [6.45, 7) is 0. The molecule has 0 aliphatic carbocycles. The van der Waals surface area contributed by atoms with E-state index in [1.54, 1.807) is 18.2 Å². The van der Waals surface area contributed by atoms with Crippen LogP contribution in [-0.2, 0) is 0 Å². The smallest absolute Gasteiger partial charge is 0.123 e. The lowest BCUT2D eigenvalue weighted by Gasteiger charge is -2.04. The summed E-state index contributed by atoms with van der Waals surface area (Å²) in [6, 6.07) is 6.79. The van der Waals surface area contributed by atoms with Crippen LogP contribution in [0.5, 0.6) is 5.75 Å². The Morgan fingerprint density at radius 3 is 2.64 bits per heavy atom. The summed E-state index contributed by atoms with van der Waals surface area (Å²) in [4.78, 5) is 0.